The minimum absolute atomic E-state index is 0.173. The van der Waals surface area contributed by atoms with Gasteiger partial charge in [0.15, 0.2) is 0 Å². The van der Waals surface area contributed by atoms with Gasteiger partial charge in [0.2, 0.25) is 6.41 Å². The number of rotatable bonds is 6. The van der Waals surface area contributed by atoms with Gasteiger partial charge in [-0.2, -0.15) is 0 Å². The summed E-state index contributed by atoms with van der Waals surface area (Å²) >= 11 is 0. The van der Waals surface area contributed by atoms with Gasteiger partial charge in [0.25, 0.3) is 0 Å². The van der Waals surface area contributed by atoms with Gasteiger partial charge >= 0.3 is 5.97 Å². The Balaban J connectivity index is 3.36. The first-order valence-corrected chi connectivity index (χ1v) is 3.84. The van der Waals surface area contributed by atoms with E-state index < -0.39 is 12.4 Å². The fourth-order valence-electron chi connectivity index (χ4n) is 0.533. The molecule has 1 unspecified atom stereocenters. The van der Waals surface area contributed by atoms with E-state index in [0.29, 0.717) is 12.1 Å². The zero-order chi connectivity index (χ0) is 10.3. The van der Waals surface area contributed by atoms with Gasteiger partial charge in [0.1, 0.15) is 6.61 Å². The van der Waals surface area contributed by atoms with Gasteiger partial charge in [0.05, 0.1) is 0 Å². The molecule has 0 spiro atoms. The molecule has 0 bridgehead atoms. The number of esters is 1. The zero-order valence-corrected chi connectivity index (χ0v) is 7.87. The number of methoxy groups -OCH3 is 1. The number of nitrogens with one attached hydrogen (secondary N) is 1. The molecule has 0 aliphatic heterocycles. The normalized spacial score (nSPS) is 12.2. The van der Waals surface area contributed by atoms with E-state index in [-0.39, 0.29) is 6.61 Å². The molecule has 0 radical (unpaired) electrons. The molecule has 0 aromatic rings. The fourth-order valence-corrected chi connectivity index (χ4v) is 0.533. The maximum Gasteiger partial charge on any atom is 0.333 e. The lowest BCUT2D eigenvalue weighted by atomic mass is 10.4. The van der Waals surface area contributed by atoms with E-state index in [1.807, 2.05) is 0 Å². The van der Waals surface area contributed by atoms with Gasteiger partial charge in [-0.1, -0.05) is 6.58 Å². The van der Waals surface area contributed by atoms with Crippen molar-refractivity contribution in [2.45, 2.75) is 13.3 Å². The van der Waals surface area contributed by atoms with Crippen LogP contribution in [0.15, 0.2) is 12.2 Å². The van der Waals surface area contributed by atoms with Crippen LogP contribution in [0, 0.1) is 0 Å². The van der Waals surface area contributed by atoms with Crippen molar-refractivity contribution in [3.8, 4) is 0 Å². The Labute approximate surface area is 77.3 Å². The molecule has 0 aromatic heterocycles. The fraction of sp³-hybridized carbons (Fsp3) is 0.625. The Morgan fingerprint density at radius 3 is 2.77 bits per heavy atom. The second-order valence-electron chi connectivity index (χ2n) is 2.46. The highest BCUT2D eigenvalue weighted by atomic mass is 16.6. The summed E-state index contributed by atoms with van der Waals surface area (Å²) in [5, 5.41) is 11.4. The van der Waals surface area contributed by atoms with E-state index in [9.17, 15) is 4.79 Å². The molecule has 0 aliphatic carbocycles. The Morgan fingerprint density at radius 2 is 2.31 bits per heavy atom. The highest BCUT2D eigenvalue weighted by molar-refractivity contribution is 5.86. The van der Waals surface area contributed by atoms with Crippen molar-refractivity contribution >= 4 is 5.97 Å². The Kier molecular flexibility index (Phi) is 6.13. The van der Waals surface area contributed by atoms with Crippen LogP contribution < -0.4 is 5.32 Å². The lowest BCUT2D eigenvalue weighted by molar-refractivity contribution is -0.140. The van der Waals surface area contributed by atoms with Gasteiger partial charge in [-0.05, 0) is 6.92 Å². The molecule has 5 nitrogen and oxygen atoms in total. The molecule has 76 valence electrons. The number of hydrogen-bond donors (Lipinski definition) is 2. The van der Waals surface area contributed by atoms with E-state index in [4.69, 9.17) is 9.84 Å². The quantitative estimate of drug-likeness (QED) is 0.258. The minimum atomic E-state index is -1.02. The highest BCUT2D eigenvalue weighted by Gasteiger charge is 2.03. The molecule has 0 aromatic carbocycles. The van der Waals surface area contributed by atoms with Crippen molar-refractivity contribution in [1.82, 2.24) is 5.32 Å². The van der Waals surface area contributed by atoms with E-state index in [1.165, 1.54) is 7.11 Å². The average molecular weight is 189 g/mol. The second-order valence-corrected chi connectivity index (χ2v) is 2.46. The van der Waals surface area contributed by atoms with Crippen LogP contribution in [0.5, 0.6) is 0 Å². The SMILES string of the molecule is C=C(C)C(=O)OCCNC(O)OC. The van der Waals surface area contributed by atoms with Crippen molar-refractivity contribution < 1.29 is 19.4 Å². The van der Waals surface area contributed by atoms with Crippen molar-refractivity contribution in [3.05, 3.63) is 12.2 Å². The van der Waals surface area contributed by atoms with Crippen LogP contribution in [-0.4, -0.2) is 37.8 Å². The van der Waals surface area contributed by atoms with Crippen LogP contribution in [0.3, 0.4) is 0 Å². The van der Waals surface area contributed by atoms with Gasteiger partial charge in [0, 0.05) is 19.2 Å². The molecule has 0 heterocycles. The van der Waals surface area contributed by atoms with Crippen LogP contribution in [0.4, 0.5) is 0 Å². The van der Waals surface area contributed by atoms with Crippen molar-refractivity contribution in [2.24, 2.45) is 0 Å². The van der Waals surface area contributed by atoms with Crippen molar-refractivity contribution in [1.29, 1.82) is 0 Å². The first-order valence-electron chi connectivity index (χ1n) is 3.84. The summed E-state index contributed by atoms with van der Waals surface area (Å²) in [6.45, 7) is 5.49. The van der Waals surface area contributed by atoms with Crippen molar-refractivity contribution in [2.75, 3.05) is 20.3 Å². The van der Waals surface area contributed by atoms with Crippen molar-refractivity contribution in [3.63, 3.8) is 0 Å². The topological polar surface area (TPSA) is 67.8 Å². The summed E-state index contributed by atoms with van der Waals surface area (Å²) in [5.74, 6) is -0.436. The summed E-state index contributed by atoms with van der Waals surface area (Å²) in [6.07, 6.45) is -1.02. The van der Waals surface area contributed by atoms with Crippen LogP contribution in [0.25, 0.3) is 0 Å². The molecule has 5 heteroatoms. The molecular weight excluding hydrogens is 174 g/mol. The van der Waals surface area contributed by atoms with Gasteiger partial charge in [-0.25, -0.2) is 4.79 Å². The lowest BCUT2D eigenvalue weighted by Gasteiger charge is -2.10. The Bertz CT molecular complexity index is 181. The predicted octanol–water partition coefficient (Wildman–Crippen LogP) is -0.382. The molecular formula is C8H15NO4. The molecule has 0 saturated carbocycles. The van der Waals surface area contributed by atoms with Gasteiger partial charge in [-0.15, -0.1) is 0 Å². The van der Waals surface area contributed by atoms with E-state index in [0.717, 1.165) is 0 Å². The predicted molar refractivity (Wildman–Crippen MR) is 46.8 cm³/mol. The van der Waals surface area contributed by atoms with Gasteiger partial charge < -0.3 is 14.6 Å². The molecule has 13 heavy (non-hydrogen) atoms. The molecule has 0 saturated heterocycles. The molecule has 0 fully saturated rings. The van der Waals surface area contributed by atoms with Crippen LogP contribution in [0.2, 0.25) is 0 Å². The molecule has 1 atom stereocenters. The van der Waals surface area contributed by atoms with Crippen LogP contribution >= 0.6 is 0 Å². The minimum Gasteiger partial charge on any atom is -0.461 e. The maximum atomic E-state index is 10.8. The van der Waals surface area contributed by atoms with Crippen LogP contribution in [-0.2, 0) is 14.3 Å². The first kappa shape index (κ1) is 12.1. The second kappa shape index (κ2) is 6.59. The molecule has 2 N–H and O–H groups in total. The average Bonchev–Trinajstić information content (AvgIpc) is 2.11. The highest BCUT2D eigenvalue weighted by Crippen LogP contribution is 1.90. The third-order valence-corrected chi connectivity index (χ3v) is 1.23. The maximum absolute atomic E-state index is 10.8. The monoisotopic (exact) mass is 189 g/mol. The summed E-state index contributed by atoms with van der Waals surface area (Å²) < 4.78 is 9.22. The molecule has 0 aliphatic rings. The molecule has 0 rings (SSSR count). The Morgan fingerprint density at radius 1 is 1.69 bits per heavy atom. The number of carbonyl (C=O) groups excluding carboxylic acids is 1. The van der Waals surface area contributed by atoms with E-state index >= 15 is 0 Å². The summed E-state index contributed by atoms with van der Waals surface area (Å²) in [5.41, 5.74) is 0.354. The standard InChI is InChI=1S/C8H15NO4/c1-6(2)7(10)13-5-4-9-8(11)12-3/h8-9,11H,1,4-5H2,2-3H3. The Hall–Kier alpha value is -0.910. The van der Waals surface area contributed by atoms with Crippen LogP contribution in [0.1, 0.15) is 6.92 Å². The number of aliphatic hydroxyl groups is 1. The summed E-state index contributed by atoms with van der Waals surface area (Å²) in [7, 11) is 1.36. The number of carbonyl (C=O) groups is 1. The number of aliphatic hydroxyl groups excluding tert-OH is 1. The largest absolute Gasteiger partial charge is 0.461 e. The number of hydrogen-bond acceptors (Lipinski definition) is 5. The molecule has 0 amide bonds. The first-order chi connectivity index (χ1) is 6.07. The summed E-state index contributed by atoms with van der Waals surface area (Å²) in [4.78, 5) is 10.8. The van der Waals surface area contributed by atoms with Gasteiger partial charge in [-0.3, -0.25) is 5.32 Å². The third-order valence-electron chi connectivity index (χ3n) is 1.23. The summed E-state index contributed by atoms with van der Waals surface area (Å²) in [6, 6.07) is 0. The third kappa shape index (κ3) is 6.27. The zero-order valence-electron chi connectivity index (χ0n) is 7.87. The lowest BCUT2D eigenvalue weighted by Crippen LogP contribution is -2.33. The number of ether oxygens (including phenoxy) is 2. The smallest absolute Gasteiger partial charge is 0.333 e. The van der Waals surface area contributed by atoms with E-state index in [1.54, 1.807) is 6.92 Å². The van der Waals surface area contributed by atoms with E-state index in [2.05, 4.69) is 16.6 Å².